The van der Waals surface area contributed by atoms with Gasteiger partial charge in [-0.1, -0.05) is 400 Å². The van der Waals surface area contributed by atoms with Gasteiger partial charge in [0.15, 0.2) is 0 Å². The van der Waals surface area contributed by atoms with Gasteiger partial charge in [0, 0.05) is 0 Å². The van der Waals surface area contributed by atoms with Crippen molar-refractivity contribution in [1.82, 2.24) is 0 Å². The molecule has 2 aromatic carbocycles. The molecule has 1 heteroatoms. The van der Waals surface area contributed by atoms with Crippen LogP contribution < -0.4 is 4.74 Å². The molecular formula is C123H222O. The van der Waals surface area contributed by atoms with E-state index >= 15 is 0 Å². The maximum absolute atomic E-state index is 5.42. The fourth-order valence-corrected chi connectivity index (χ4v) is 17.8. The first kappa shape index (κ1) is 124. The van der Waals surface area contributed by atoms with Crippen molar-refractivity contribution in [3.63, 3.8) is 0 Å². The fourth-order valence-electron chi connectivity index (χ4n) is 17.8. The first-order valence-corrected chi connectivity index (χ1v) is 51.0. The number of benzene rings is 2. The van der Waals surface area contributed by atoms with E-state index in [9.17, 15) is 0 Å². The minimum Gasteiger partial charge on any atom is -0.496 e. The van der Waals surface area contributed by atoms with Crippen LogP contribution in [-0.2, 0) is 18.3 Å². The average Bonchev–Trinajstić information content (AvgIpc) is 1.53. The molecule has 0 radical (unpaired) electrons. The first-order chi connectivity index (χ1) is 56.5. The standard InChI is InChI=1S/C19H34.C16H28.2C15H28.C14H20O.C14H22.2C14H28.C2H6/c1-16(2)10-8-11-17(3)12-9-13-18(4)14-15-19(5,6)7;1-11-6-7-12-15(4,5)13-10-16(11,12)9-8-14(13,2)3;1-12-6-8-14(9-7-12)13(2)10-11-15(3,4)5;1-8-13(3)11-10-12-15(7,9-2)14(4,5)6;1-6-7-11-8-9-12(14(2,3)4)13(10-11)15-5;1-13(2,3)14(4,5)11-12-9-7-6-8-10-12;1-12(2)8-7-9-13(3)10-11-14(4,5)6;1-8-12(2)10-9-11-14(6,7)13(3,4)5;1-2/h10,12,14H,8-9,11,13,15H2,1-7H3;11-13H,6-10H2,1-5H3;6,13-14H,7-11H2,1-5H3;9,11H,2,8,10,12H2,1,3-7H3;6,8-10H,1,7H2,2-5H3;6-10H,11H2,1-5H3;8,13H,7,9-11H2,1-6H3;8,12H,1,9-11H2,2-7H3;1-2H3/b17-12+,18-14+;;;13-11+;;;;;/t;11-,12+,13+,16+;;;;;;;/m.1......./s1. The predicted octanol–water partition coefficient (Wildman–Crippen LogP) is 41.6. The van der Waals surface area contributed by atoms with Crippen LogP contribution in [-0.4, -0.2) is 7.11 Å². The van der Waals surface area contributed by atoms with Crippen molar-refractivity contribution in [2.45, 2.75) is 490 Å². The molecule has 6 rings (SSSR count). The summed E-state index contributed by atoms with van der Waals surface area (Å²) in [6.07, 6.45) is 55.6. The molecule has 720 valence electrons. The lowest BCUT2D eigenvalue weighted by molar-refractivity contribution is 0.0436. The van der Waals surface area contributed by atoms with Gasteiger partial charge in [-0.3, -0.25) is 0 Å². The summed E-state index contributed by atoms with van der Waals surface area (Å²) in [6.45, 7) is 115. The van der Waals surface area contributed by atoms with Crippen molar-refractivity contribution in [2.75, 3.05) is 7.11 Å². The predicted molar refractivity (Wildman–Crippen MR) is 572 cm³/mol. The summed E-state index contributed by atoms with van der Waals surface area (Å²) in [5.74, 6) is 7.39. The normalized spacial score (nSPS) is 20.1. The van der Waals surface area contributed by atoms with Crippen LogP contribution in [0.5, 0.6) is 5.75 Å². The lowest BCUT2D eigenvalue weighted by atomic mass is 9.60. The zero-order valence-corrected chi connectivity index (χ0v) is 93.0. The molecule has 4 aliphatic rings. The number of ether oxygens (including phenoxy) is 1. The minimum atomic E-state index is 0.123. The third-order valence-corrected chi connectivity index (χ3v) is 30.5. The largest absolute Gasteiger partial charge is 0.496 e. The van der Waals surface area contributed by atoms with Crippen LogP contribution in [0.25, 0.3) is 0 Å². The Balaban J connectivity index is -0.00000135. The van der Waals surface area contributed by atoms with Crippen molar-refractivity contribution < 1.29 is 4.74 Å². The second-order valence-electron chi connectivity index (χ2n) is 50.9. The van der Waals surface area contributed by atoms with E-state index in [0.29, 0.717) is 60.1 Å². The van der Waals surface area contributed by atoms with Crippen molar-refractivity contribution in [2.24, 2.45) is 106 Å². The summed E-state index contributed by atoms with van der Waals surface area (Å²) in [4.78, 5) is 0. The fraction of sp³-hybridized carbons (Fsp3) is 0.756. The molecule has 1 spiro atoms. The third kappa shape index (κ3) is 50.9. The molecular weight excluding hydrogens is 1490 g/mol. The number of hydrogen-bond donors (Lipinski definition) is 0. The molecule has 4 aliphatic carbocycles. The molecule has 0 heterocycles. The number of hydrogen-bond acceptors (Lipinski definition) is 1. The van der Waals surface area contributed by atoms with Gasteiger partial charge in [0.25, 0.3) is 0 Å². The van der Waals surface area contributed by atoms with Crippen LogP contribution in [0.15, 0.2) is 156 Å². The summed E-state index contributed by atoms with van der Waals surface area (Å²) in [5, 5.41) is 0. The Morgan fingerprint density at radius 1 is 0.532 bits per heavy atom. The molecule has 5 unspecified atom stereocenters. The van der Waals surface area contributed by atoms with Gasteiger partial charge >= 0.3 is 0 Å². The van der Waals surface area contributed by atoms with Crippen LogP contribution in [0.3, 0.4) is 0 Å². The van der Waals surface area contributed by atoms with E-state index in [1.807, 2.05) is 19.9 Å². The Kier molecular flexibility index (Phi) is 57.3. The summed E-state index contributed by atoms with van der Waals surface area (Å²) >= 11 is 0. The number of methoxy groups -OCH3 is 1. The lowest BCUT2D eigenvalue weighted by Crippen LogP contribution is -2.36. The maximum Gasteiger partial charge on any atom is 0.122 e. The van der Waals surface area contributed by atoms with Gasteiger partial charge in [0.1, 0.15) is 5.75 Å². The molecule has 0 aliphatic heterocycles. The topological polar surface area (TPSA) is 9.23 Å². The van der Waals surface area contributed by atoms with Crippen LogP contribution in [0.1, 0.15) is 489 Å². The minimum absolute atomic E-state index is 0.123. The summed E-state index contributed by atoms with van der Waals surface area (Å²) in [7, 11) is 1.72. The Morgan fingerprint density at radius 3 is 1.50 bits per heavy atom. The Morgan fingerprint density at radius 2 is 1.05 bits per heavy atom. The van der Waals surface area contributed by atoms with Gasteiger partial charge in [0.2, 0.25) is 0 Å². The number of rotatable bonds is 30. The third-order valence-electron chi connectivity index (χ3n) is 30.5. The Labute approximate surface area is 782 Å². The van der Waals surface area contributed by atoms with Gasteiger partial charge in [-0.25, -0.2) is 0 Å². The van der Waals surface area contributed by atoms with E-state index in [-0.39, 0.29) is 10.8 Å². The van der Waals surface area contributed by atoms with E-state index in [1.165, 1.54) is 199 Å². The molecule has 124 heavy (non-hydrogen) atoms. The summed E-state index contributed by atoms with van der Waals surface area (Å²) < 4.78 is 5.42. The Bertz CT molecular complexity index is 3390. The molecule has 1 nitrogen and oxygen atoms in total. The van der Waals surface area contributed by atoms with Gasteiger partial charge in [-0.05, 0) is 350 Å². The SMILES string of the molecule is C=CC(C)(CC/C=C(\C)CC)C(C)(C)C.C=CC(C)CCCC(C)(C)C(C)(C)C.C=CCc1ccc(C(C)(C)C)c(OC)c1.CC.CC(C)(C)C(C)(C)Cc1ccccc1.CC(C)=CCC/C(C)=C/CC/C(C)=C/CC(C)(C)C.CC(C)=CCCC(C)CCC(C)(C)C.CC1=CCC(C(C)CCC(C)(C)C)CC1.C[C@@H]1CC[C@H]2C(C)(C)[C@H]3C[C@@]12CCC3(C)C. The van der Waals surface area contributed by atoms with Crippen LogP contribution in [0.4, 0.5) is 0 Å². The molecule has 9 atom stereocenters. The van der Waals surface area contributed by atoms with Gasteiger partial charge < -0.3 is 4.74 Å². The molecule has 0 aromatic heterocycles. The zero-order chi connectivity index (χ0) is 97.1. The zero-order valence-electron chi connectivity index (χ0n) is 93.0. The first-order valence-electron chi connectivity index (χ1n) is 51.0. The van der Waals surface area contributed by atoms with Gasteiger partial charge in [-0.15, -0.1) is 19.7 Å². The number of fused-ring (bicyclic) bond motifs is 1. The van der Waals surface area contributed by atoms with E-state index in [1.54, 1.807) is 19.1 Å². The maximum atomic E-state index is 5.42. The molecule has 3 saturated carbocycles. The highest BCUT2D eigenvalue weighted by Gasteiger charge is 2.66. The molecule has 3 fully saturated rings. The van der Waals surface area contributed by atoms with Gasteiger partial charge in [0.05, 0.1) is 7.11 Å². The molecule has 0 saturated heterocycles. The van der Waals surface area contributed by atoms with Crippen LogP contribution >= 0.6 is 0 Å². The monoisotopic (exact) mass is 1720 g/mol. The molecule has 2 aromatic rings. The van der Waals surface area contributed by atoms with E-state index in [0.717, 1.165) is 59.5 Å². The Hall–Kier alpha value is -4.10. The van der Waals surface area contributed by atoms with Gasteiger partial charge in [-0.2, -0.15) is 0 Å². The highest BCUT2D eigenvalue weighted by atomic mass is 16.5. The molecule has 2 bridgehead atoms. The van der Waals surface area contributed by atoms with E-state index in [4.69, 9.17) is 4.74 Å². The summed E-state index contributed by atoms with van der Waals surface area (Å²) in [5.41, 5.74) is 18.5. The average molecular weight is 1720 g/mol. The second-order valence-corrected chi connectivity index (χ2v) is 50.9. The van der Waals surface area contributed by atoms with Crippen molar-refractivity contribution in [3.05, 3.63) is 173 Å². The summed E-state index contributed by atoms with van der Waals surface area (Å²) in [6, 6.07) is 17.1. The van der Waals surface area contributed by atoms with Crippen molar-refractivity contribution >= 4 is 0 Å². The second kappa shape index (κ2) is 57.3. The molecule has 0 amide bonds. The van der Waals surface area contributed by atoms with Crippen LogP contribution in [0.2, 0.25) is 0 Å². The number of allylic oxidation sites excluding steroid dienone is 15. The molecule has 0 N–H and O–H groups in total. The van der Waals surface area contributed by atoms with Crippen molar-refractivity contribution in [3.8, 4) is 5.75 Å². The van der Waals surface area contributed by atoms with E-state index < -0.39 is 0 Å². The highest BCUT2D eigenvalue weighted by molar-refractivity contribution is 5.42. The van der Waals surface area contributed by atoms with Crippen molar-refractivity contribution in [1.29, 1.82) is 0 Å². The van der Waals surface area contributed by atoms with Crippen LogP contribution in [0, 0.1) is 106 Å². The quantitative estimate of drug-likeness (QED) is 0.0709. The smallest absolute Gasteiger partial charge is 0.122 e. The lowest BCUT2D eigenvalue weighted by Gasteiger charge is -2.45. The highest BCUT2D eigenvalue weighted by Crippen LogP contribution is 2.75. The van der Waals surface area contributed by atoms with E-state index in [2.05, 4.69) is 415 Å².